The smallest absolute Gasteiger partial charge is 0.275 e. The van der Waals surface area contributed by atoms with Gasteiger partial charge in [0.15, 0.2) is 11.3 Å². The Morgan fingerprint density at radius 1 is 1.15 bits per heavy atom. The SMILES string of the molecule is O=C(c1n[nH]c2ncnc(N[C@@H]3C=C[C@@H](O)[C@H]3O)c12)N1C[C@@H](F)C[C@@H]1c1cc(F)cc(F)c1. The number of nitrogens with zero attached hydrogens (tertiary/aromatic N) is 4. The van der Waals surface area contributed by atoms with Gasteiger partial charge in [0, 0.05) is 12.5 Å². The summed E-state index contributed by atoms with van der Waals surface area (Å²) in [4.78, 5) is 22.8. The summed E-state index contributed by atoms with van der Waals surface area (Å²) < 4.78 is 41.9. The number of hydrogen-bond acceptors (Lipinski definition) is 7. The fourth-order valence-corrected chi connectivity index (χ4v) is 4.32. The summed E-state index contributed by atoms with van der Waals surface area (Å²) >= 11 is 0. The number of aromatic nitrogens is 4. The second kappa shape index (κ2) is 8.12. The Hall–Kier alpha value is -3.51. The molecule has 2 aliphatic rings. The predicted octanol–water partition coefficient (Wildman–Crippen LogP) is 1.63. The Kier molecular flexibility index (Phi) is 5.25. The van der Waals surface area contributed by atoms with Crippen molar-refractivity contribution in [1.29, 1.82) is 0 Å². The van der Waals surface area contributed by atoms with Crippen molar-refractivity contribution in [2.24, 2.45) is 0 Å². The first-order chi connectivity index (χ1) is 15.8. The van der Waals surface area contributed by atoms with Crippen LogP contribution < -0.4 is 5.32 Å². The van der Waals surface area contributed by atoms with E-state index in [0.717, 1.165) is 12.1 Å². The molecule has 1 aliphatic carbocycles. The van der Waals surface area contributed by atoms with Crippen molar-refractivity contribution in [3.05, 3.63) is 59.6 Å². The summed E-state index contributed by atoms with van der Waals surface area (Å²) in [5.74, 6) is -2.15. The molecule has 1 aromatic carbocycles. The van der Waals surface area contributed by atoms with E-state index in [4.69, 9.17) is 0 Å². The molecule has 0 saturated carbocycles. The molecule has 0 bridgehead atoms. The minimum atomic E-state index is -1.38. The molecule has 0 radical (unpaired) electrons. The molecule has 12 heteroatoms. The van der Waals surface area contributed by atoms with Crippen LogP contribution >= 0.6 is 0 Å². The van der Waals surface area contributed by atoms with Crippen molar-refractivity contribution in [2.45, 2.75) is 36.9 Å². The number of amides is 1. The van der Waals surface area contributed by atoms with Crippen LogP contribution in [0.3, 0.4) is 0 Å². The number of alkyl halides is 1. The van der Waals surface area contributed by atoms with Crippen LogP contribution in [0, 0.1) is 11.6 Å². The number of aliphatic hydroxyl groups is 2. The molecule has 4 N–H and O–H groups in total. The van der Waals surface area contributed by atoms with Gasteiger partial charge in [-0.15, -0.1) is 0 Å². The zero-order chi connectivity index (χ0) is 23.3. The maximum Gasteiger partial charge on any atom is 0.275 e. The molecule has 0 unspecified atom stereocenters. The summed E-state index contributed by atoms with van der Waals surface area (Å²) in [7, 11) is 0. The lowest BCUT2D eigenvalue weighted by Gasteiger charge is -2.24. The van der Waals surface area contributed by atoms with Gasteiger partial charge in [-0.3, -0.25) is 9.89 Å². The van der Waals surface area contributed by atoms with Crippen LogP contribution in [0.5, 0.6) is 0 Å². The zero-order valence-corrected chi connectivity index (χ0v) is 17.0. The molecule has 9 nitrogen and oxygen atoms in total. The number of fused-ring (bicyclic) bond motifs is 1. The number of rotatable bonds is 4. The molecule has 1 aliphatic heterocycles. The number of anilines is 1. The quantitative estimate of drug-likeness (QED) is 0.436. The van der Waals surface area contributed by atoms with Gasteiger partial charge >= 0.3 is 0 Å². The van der Waals surface area contributed by atoms with Crippen LogP contribution in [-0.2, 0) is 0 Å². The minimum absolute atomic E-state index is 0.110. The number of aromatic amines is 1. The Balaban J connectivity index is 1.51. The number of benzene rings is 1. The fraction of sp³-hybridized carbons (Fsp3) is 0.333. The molecule has 1 saturated heterocycles. The van der Waals surface area contributed by atoms with E-state index in [9.17, 15) is 28.2 Å². The molecule has 3 heterocycles. The summed E-state index contributed by atoms with van der Waals surface area (Å²) in [5, 5.41) is 29.7. The number of carbonyl (C=O) groups is 1. The lowest BCUT2D eigenvalue weighted by atomic mass is 10.0. The summed E-state index contributed by atoms with van der Waals surface area (Å²) in [5.41, 5.74) is 0.252. The molecular weight excluding hydrogens is 441 g/mol. The average Bonchev–Trinajstić information content (AvgIpc) is 3.46. The second-order valence-corrected chi connectivity index (χ2v) is 8.06. The van der Waals surface area contributed by atoms with Gasteiger partial charge in [-0.05, 0) is 17.7 Å². The molecule has 5 rings (SSSR count). The van der Waals surface area contributed by atoms with Gasteiger partial charge in [-0.2, -0.15) is 5.10 Å². The van der Waals surface area contributed by atoms with Gasteiger partial charge in [0.05, 0.1) is 24.0 Å². The number of hydrogen-bond donors (Lipinski definition) is 4. The van der Waals surface area contributed by atoms with Crippen LogP contribution in [-0.4, -0.2) is 72.2 Å². The third-order valence-corrected chi connectivity index (χ3v) is 5.88. The molecule has 3 aromatic rings. The largest absolute Gasteiger partial charge is 0.388 e. The van der Waals surface area contributed by atoms with Gasteiger partial charge < -0.3 is 20.4 Å². The zero-order valence-electron chi connectivity index (χ0n) is 17.0. The number of nitrogens with one attached hydrogen (secondary N) is 2. The molecule has 172 valence electrons. The summed E-state index contributed by atoms with van der Waals surface area (Å²) in [6, 6.07) is 1.28. The van der Waals surface area contributed by atoms with Crippen LogP contribution in [0.15, 0.2) is 36.7 Å². The Morgan fingerprint density at radius 3 is 2.61 bits per heavy atom. The van der Waals surface area contributed by atoms with E-state index in [1.807, 2.05) is 0 Å². The molecule has 1 fully saturated rings. The van der Waals surface area contributed by atoms with Gasteiger partial charge in [0.1, 0.15) is 42.2 Å². The maximum atomic E-state index is 14.4. The molecule has 33 heavy (non-hydrogen) atoms. The van der Waals surface area contributed by atoms with Crippen molar-refractivity contribution in [2.75, 3.05) is 11.9 Å². The van der Waals surface area contributed by atoms with E-state index >= 15 is 0 Å². The van der Waals surface area contributed by atoms with Crippen molar-refractivity contribution >= 4 is 22.8 Å². The highest BCUT2D eigenvalue weighted by molar-refractivity contribution is 6.08. The first-order valence-electron chi connectivity index (χ1n) is 10.2. The normalized spacial score (nSPS) is 26.9. The minimum Gasteiger partial charge on any atom is -0.388 e. The lowest BCUT2D eigenvalue weighted by molar-refractivity contribution is 0.0552. The monoisotopic (exact) mass is 460 g/mol. The number of H-pyrrole nitrogens is 1. The van der Waals surface area contributed by atoms with Gasteiger partial charge in [-0.25, -0.2) is 23.1 Å². The topological polar surface area (TPSA) is 127 Å². The third kappa shape index (κ3) is 3.80. The van der Waals surface area contributed by atoms with Crippen LogP contribution in [0.1, 0.15) is 28.5 Å². The number of halogens is 3. The van der Waals surface area contributed by atoms with E-state index < -0.39 is 48.0 Å². The van der Waals surface area contributed by atoms with E-state index in [-0.39, 0.29) is 41.1 Å². The highest BCUT2D eigenvalue weighted by Gasteiger charge is 2.39. The van der Waals surface area contributed by atoms with E-state index in [2.05, 4.69) is 25.5 Å². The number of aliphatic hydroxyl groups excluding tert-OH is 2. The van der Waals surface area contributed by atoms with Crippen molar-refractivity contribution in [3.8, 4) is 0 Å². The van der Waals surface area contributed by atoms with Gasteiger partial charge in [-0.1, -0.05) is 12.2 Å². The lowest BCUT2D eigenvalue weighted by Crippen LogP contribution is -2.35. The molecule has 1 amide bonds. The molecule has 0 spiro atoms. The highest BCUT2D eigenvalue weighted by Crippen LogP contribution is 2.36. The van der Waals surface area contributed by atoms with E-state index in [1.54, 1.807) is 6.08 Å². The Bertz CT molecular complexity index is 1230. The molecule has 2 aromatic heterocycles. The van der Waals surface area contributed by atoms with E-state index in [1.165, 1.54) is 17.3 Å². The van der Waals surface area contributed by atoms with E-state index in [0.29, 0.717) is 6.07 Å². The number of carbonyl (C=O) groups excluding carboxylic acids is 1. The maximum absolute atomic E-state index is 14.4. The first-order valence-corrected chi connectivity index (χ1v) is 10.2. The number of likely N-dealkylation sites (tertiary alicyclic amines) is 1. The van der Waals surface area contributed by atoms with Gasteiger partial charge in [0.25, 0.3) is 5.91 Å². The van der Waals surface area contributed by atoms with Gasteiger partial charge in [0.2, 0.25) is 0 Å². The third-order valence-electron chi connectivity index (χ3n) is 5.88. The van der Waals surface area contributed by atoms with Crippen LogP contribution in [0.4, 0.5) is 19.0 Å². The standard InChI is InChI=1S/C21H19F3N6O3/c22-10-3-9(4-11(23)5-10)14-6-12(24)7-30(14)21(33)17-16-19(25-8-26-20(16)29-28-17)27-13-1-2-15(31)18(13)32/h1-5,8,12-15,18,31-32H,6-7H2,(H2,25,26,27,28,29)/t12-,13+,14+,15+,18-/m0/s1. The van der Waals surface area contributed by atoms with Crippen molar-refractivity contribution < 1.29 is 28.2 Å². The predicted molar refractivity (Wildman–Crippen MR) is 110 cm³/mol. The Labute approximate surface area is 185 Å². The summed E-state index contributed by atoms with van der Waals surface area (Å²) in [6.45, 7) is -0.275. The molecule has 5 atom stereocenters. The fourth-order valence-electron chi connectivity index (χ4n) is 4.32. The van der Waals surface area contributed by atoms with Crippen molar-refractivity contribution in [3.63, 3.8) is 0 Å². The second-order valence-electron chi connectivity index (χ2n) is 8.06. The summed E-state index contributed by atoms with van der Waals surface area (Å²) in [6.07, 6.45) is 0.539. The van der Waals surface area contributed by atoms with Crippen LogP contribution in [0.25, 0.3) is 11.0 Å². The molecular formula is C21H19F3N6O3. The Morgan fingerprint density at radius 2 is 1.91 bits per heavy atom. The first kappa shape index (κ1) is 21.3. The van der Waals surface area contributed by atoms with Crippen LogP contribution in [0.2, 0.25) is 0 Å². The van der Waals surface area contributed by atoms with Crippen molar-refractivity contribution in [1.82, 2.24) is 25.1 Å². The highest BCUT2D eigenvalue weighted by atomic mass is 19.1. The average molecular weight is 460 g/mol.